The maximum atomic E-state index is 5.26. The highest BCUT2D eigenvalue weighted by Gasteiger charge is 2.21. The molecule has 0 bridgehead atoms. The highest BCUT2D eigenvalue weighted by Crippen LogP contribution is 2.16. The summed E-state index contributed by atoms with van der Waals surface area (Å²) in [5, 5.41) is 7.48. The molecule has 0 radical (unpaired) electrons. The fourth-order valence-corrected chi connectivity index (χ4v) is 2.42. The molecule has 5 heteroatoms. The van der Waals surface area contributed by atoms with Crippen LogP contribution in [0.25, 0.3) is 0 Å². The molecule has 5 nitrogen and oxygen atoms in total. The third-order valence-corrected chi connectivity index (χ3v) is 3.55. The van der Waals surface area contributed by atoms with Gasteiger partial charge in [-0.25, -0.2) is 0 Å². The molecule has 102 valence electrons. The highest BCUT2D eigenvalue weighted by molar-refractivity contribution is 4.91. The van der Waals surface area contributed by atoms with Gasteiger partial charge < -0.3 is 9.84 Å². The molecule has 1 saturated heterocycles. The molecule has 2 heterocycles. The van der Waals surface area contributed by atoms with Crippen LogP contribution in [-0.2, 0) is 6.54 Å². The minimum absolute atomic E-state index is 0.306. The second-order valence-electron chi connectivity index (χ2n) is 5.25. The van der Waals surface area contributed by atoms with Crippen molar-refractivity contribution in [2.24, 2.45) is 0 Å². The second-order valence-corrected chi connectivity index (χ2v) is 5.25. The van der Waals surface area contributed by atoms with Crippen molar-refractivity contribution in [3.8, 4) is 0 Å². The molecule has 1 N–H and O–H groups in total. The van der Waals surface area contributed by atoms with Gasteiger partial charge in [0.05, 0.1) is 6.54 Å². The number of aromatic nitrogens is 2. The molecule has 0 amide bonds. The van der Waals surface area contributed by atoms with Crippen LogP contribution in [0.5, 0.6) is 0 Å². The summed E-state index contributed by atoms with van der Waals surface area (Å²) in [6, 6.07) is 0.650. The molecule has 0 atom stereocenters. The van der Waals surface area contributed by atoms with Crippen molar-refractivity contribution in [2.45, 2.75) is 52.1 Å². The Hall–Kier alpha value is -0.940. The van der Waals surface area contributed by atoms with Crippen LogP contribution in [0.4, 0.5) is 0 Å². The van der Waals surface area contributed by atoms with E-state index in [2.05, 4.69) is 41.1 Å². The van der Waals surface area contributed by atoms with Gasteiger partial charge in [0.15, 0.2) is 5.82 Å². The number of piperidine rings is 1. The van der Waals surface area contributed by atoms with E-state index in [0.29, 0.717) is 12.0 Å². The van der Waals surface area contributed by atoms with Crippen LogP contribution in [0, 0.1) is 0 Å². The highest BCUT2D eigenvalue weighted by atomic mass is 16.5. The Morgan fingerprint density at radius 3 is 2.67 bits per heavy atom. The van der Waals surface area contributed by atoms with Crippen molar-refractivity contribution in [1.29, 1.82) is 0 Å². The molecule has 18 heavy (non-hydrogen) atoms. The van der Waals surface area contributed by atoms with E-state index in [1.807, 2.05) is 0 Å². The third-order valence-electron chi connectivity index (χ3n) is 3.55. The minimum Gasteiger partial charge on any atom is -0.339 e. The standard InChI is InChI=1S/C13H24N4O/c1-4-17(11-5-7-14-8-6-11)9-12-15-13(10(2)3)18-16-12/h10-11,14H,4-9H2,1-3H3. The van der Waals surface area contributed by atoms with Crippen LogP contribution in [0.3, 0.4) is 0 Å². The second kappa shape index (κ2) is 6.29. The lowest BCUT2D eigenvalue weighted by Gasteiger charge is -2.32. The maximum Gasteiger partial charge on any atom is 0.229 e. The van der Waals surface area contributed by atoms with Crippen LogP contribution < -0.4 is 5.32 Å². The van der Waals surface area contributed by atoms with E-state index in [0.717, 1.165) is 37.9 Å². The Balaban J connectivity index is 1.95. The third kappa shape index (κ3) is 3.29. The summed E-state index contributed by atoms with van der Waals surface area (Å²) in [5.41, 5.74) is 0. The number of nitrogens with zero attached hydrogens (tertiary/aromatic N) is 3. The molecule has 0 saturated carbocycles. The topological polar surface area (TPSA) is 54.2 Å². The van der Waals surface area contributed by atoms with Gasteiger partial charge in [-0.3, -0.25) is 4.90 Å². The van der Waals surface area contributed by atoms with Gasteiger partial charge in [-0.15, -0.1) is 0 Å². The lowest BCUT2D eigenvalue weighted by Crippen LogP contribution is -2.42. The van der Waals surface area contributed by atoms with Gasteiger partial charge in [0.25, 0.3) is 0 Å². The van der Waals surface area contributed by atoms with E-state index in [-0.39, 0.29) is 0 Å². The molecule has 2 rings (SSSR count). The first-order valence-corrected chi connectivity index (χ1v) is 6.98. The zero-order valence-corrected chi connectivity index (χ0v) is 11.6. The predicted molar refractivity (Wildman–Crippen MR) is 70.4 cm³/mol. The monoisotopic (exact) mass is 252 g/mol. The van der Waals surface area contributed by atoms with Gasteiger partial charge in [0, 0.05) is 12.0 Å². The average Bonchev–Trinajstić information content (AvgIpc) is 2.86. The molecule has 1 aromatic heterocycles. The quantitative estimate of drug-likeness (QED) is 0.865. The van der Waals surface area contributed by atoms with Gasteiger partial charge in [-0.1, -0.05) is 25.9 Å². The van der Waals surface area contributed by atoms with Crippen LogP contribution in [-0.4, -0.2) is 40.7 Å². The van der Waals surface area contributed by atoms with E-state index < -0.39 is 0 Å². The Labute approximate surface area is 109 Å². The molecular formula is C13H24N4O. The zero-order valence-electron chi connectivity index (χ0n) is 11.6. The van der Waals surface area contributed by atoms with E-state index in [1.54, 1.807) is 0 Å². The molecule has 0 aromatic carbocycles. The van der Waals surface area contributed by atoms with E-state index >= 15 is 0 Å². The summed E-state index contributed by atoms with van der Waals surface area (Å²) in [4.78, 5) is 6.91. The largest absolute Gasteiger partial charge is 0.339 e. The smallest absolute Gasteiger partial charge is 0.229 e. The zero-order chi connectivity index (χ0) is 13.0. The summed E-state index contributed by atoms with van der Waals surface area (Å²) in [6.07, 6.45) is 2.42. The first-order valence-electron chi connectivity index (χ1n) is 6.98. The Kier molecular flexibility index (Phi) is 4.72. The summed E-state index contributed by atoms with van der Waals surface area (Å²) in [7, 11) is 0. The van der Waals surface area contributed by atoms with E-state index in [9.17, 15) is 0 Å². The Bertz CT molecular complexity index is 358. The van der Waals surface area contributed by atoms with Gasteiger partial charge in [-0.05, 0) is 32.5 Å². The number of hydrogen-bond donors (Lipinski definition) is 1. The van der Waals surface area contributed by atoms with Crippen LogP contribution in [0.15, 0.2) is 4.52 Å². The van der Waals surface area contributed by atoms with Gasteiger partial charge in [-0.2, -0.15) is 4.98 Å². The van der Waals surface area contributed by atoms with E-state index in [4.69, 9.17) is 4.52 Å². The first-order chi connectivity index (χ1) is 8.70. The molecule has 1 fully saturated rings. The van der Waals surface area contributed by atoms with Gasteiger partial charge in [0.2, 0.25) is 5.89 Å². The first kappa shape index (κ1) is 13.5. The molecule has 1 aromatic rings. The molecule has 1 aliphatic rings. The maximum absolute atomic E-state index is 5.26. The van der Waals surface area contributed by atoms with Crippen molar-refractivity contribution in [3.05, 3.63) is 11.7 Å². The van der Waals surface area contributed by atoms with Crippen LogP contribution in [0.1, 0.15) is 51.2 Å². The van der Waals surface area contributed by atoms with Gasteiger partial charge in [0.1, 0.15) is 0 Å². The van der Waals surface area contributed by atoms with Gasteiger partial charge >= 0.3 is 0 Å². The average molecular weight is 252 g/mol. The summed E-state index contributed by atoms with van der Waals surface area (Å²) in [5.74, 6) is 1.87. The molecule has 1 aliphatic heterocycles. The fraction of sp³-hybridized carbons (Fsp3) is 0.846. The number of rotatable bonds is 5. The number of nitrogens with one attached hydrogen (secondary N) is 1. The van der Waals surface area contributed by atoms with E-state index in [1.165, 1.54) is 12.8 Å². The molecular weight excluding hydrogens is 228 g/mol. The predicted octanol–water partition coefficient (Wildman–Crippen LogP) is 1.77. The van der Waals surface area contributed by atoms with Crippen molar-refractivity contribution in [1.82, 2.24) is 20.4 Å². The fourth-order valence-electron chi connectivity index (χ4n) is 2.42. The summed E-state index contributed by atoms with van der Waals surface area (Å²) >= 11 is 0. The Morgan fingerprint density at radius 1 is 1.39 bits per heavy atom. The molecule has 0 spiro atoms. The SMILES string of the molecule is CCN(Cc1noc(C(C)C)n1)C1CCNCC1. The summed E-state index contributed by atoms with van der Waals surface area (Å²) < 4.78 is 5.26. The lowest BCUT2D eigenvalue weighted by molar-refractivity contribution is 0.157. The Morgan fingerprint density at radius 2 is 2.11 bits per heavy atom. The van der Waals surface area contributed by atoms with Crippen molar-refractivity contribution in [3.63, 3.8) is 0 Å². The lowest BCUT2D eigenvalue weighted by atomic mass is 10.0. The molecule has 0 unspecified atom stereocenters. The molecule has 0 aliphatic carbocycles. The minimum atomic E-state index is 0.306. The normalized spacial score (nSPS) is 17.8. The van der Waals surface area contributed by atoms with Crippen molar-refractivity contribution < 1.29 is 4.52 Å². The van der Waals surface area contributed by atoms with Crippen LogP contribution in [0.2, 0.25) is 0 Å². The number of hydrogen-bond acceptors (Lipinski definition) is 5. The van der Waals surface area contributed by atoms with Crippen LogP contribution >= 0.6 is 0 Å². The van der Waals surface area contributed by atoms with Crippen molar-refractivity contribution >= 4 is 0 Å². The van der Waals surface area contributed by atoms with Crippen molar-refractivity contribution in [2.75, 3.05) is 19.6 Å². The summed E-state index contributed by atoms with van der Waals surface area (Å²) in [6.45, 7) is 10.4.